The summed E-state index contributed by atoms with van der Waals surface area (Å²) in [5.74, 6) is -2.85. The van der Waals surface area contributed by atoms with Gasteiger partial charge in [-0.1, -0.05) is 24.3 Å². The Morgan fingerprint density at radius 1 is 0.941 bits per heavy atom. The normalized spacial score (nSPS) is 15.2. The third-order valence-corrected chi connectivity index (χ3v) is 6.21. The number of fused-ring (bicyclic) bond motifs is 3. The molecule has 0 unspecified atom stereocenters. The molecule has 34 heavy (non-hydrogen) atoms. The minimum absolute atomic E-state index is 0.0264. The highest BCUT2D eigenvalue weighted by Crippen LogP contribution is 2.33. The van der Waals surface area contributed by atoms with Gasteiger partial charge in [0, 0.05) is 37.0 Å². The Labute approximate surface area is 192 Å². The van der Waals surface area contributed by atoms with Crippen LogP contribution in [0.5, 0.6) is 0 Å². The lowest BCUT2D eigenvalue weighted by Crippen LogP contribution is -2.42. The number of hydrogen-bond donors (Lipinski definition) is 2. The summed E-state index contributed by atoms with van der Waals surface area (Å²) in [7, 11) is 1.62. The number of rotatable bonds is 3. The van der Waals surface area contributed by atoms with E-state index in [0.717, 1.165) is 12.1 Å². The van der Waals surface area contributed by atoms with E-state index in [-0.39, 0.29) is 22.5 Å². The molecule has 0 fully saturated rings. The van der Waals surface area contributed by atoms with Gasteiger partial charge >= 0.3 is 0 Å². The summed E-state index contributed by atoms with van der Waals surface area (Å²) >= 11 is 0. The van der Waals surface area contributed by atoms with Gasteiger partial charge in [0.15, 0.2) is 11.6 Å². The zero-order chi connectivity index (χ0) is 24.0. The number of aromatic amines is 1. The molecule has 0 spiro atoms. The van der Waals surface area contributed by atoms with E-state index in [2.05, 4.69) is 10.3 Å². The fourth-order valence-corrected chi connectivity index (χ4v) is 4.52. The Kier molecular flexibility index (Phi) is 5.45. The Bertz CT molecular complexity index is 1500. The van der Waals surface area contributed by atoms with Crippen molar-refractivity contribution in [3.05, 3.63) is 105 Å². The predicted molar refractivity (Wildman–Crippen MR) is 123 cm³/mol. The van der Waals surface area contributed by atoms with Gasteiger partial charge in [0.1, 0.15) is 5.82 Å². The van der Waals surface area contributed by atoms with Crippen LogP contribution in [0.1, 0.15) is 27.7 Å². The summed E-state index contributed by atoms with van der Waals surface area (Å²) in [5, 5.41) is 3.47. The summed E-state index contributed by atoms with van der Waals surface area (Å²) < 4.78 is 41.6. The quantitative estimate of drug-likeness (QED) is 0.469. The maximum absolute atomic E-state index is 14.1. The maximum atomic E-state index is 14.1. The first-order valence-corrected chi connectivity index (χ1v) is 10.7. The van der Waals surface area contributed by atoms with Crippen LogP contribution in [0, 0.1) is 17.5 Å². The average Bonchev–Trinajstić information content (AvgIpc) is 2.84. The molecule has 1 atom stereocenters. The molecule has 2 N–H and O–H groups in total. The first kappa shape index (κ1) is 21.9. The molecule has 4 aromatic rings. The molecule has 1 amide bonds. The van der Waals surface area contributed by atoms with Crippen molar-refractivity contribution >= 4 is 16.7 Å². The zero-order valence-electron chi connectivity index (χ0n) is 18.2. The summed E-state index contributed by atoms with van der Waals surface area (Å²) in [5.41, 5.74) is 2.29. The van der Waals surface area contributed by atoms with Gasteiger partial charge in [-0.3, -0.25) is 9.59 Å². The largest absolute Gasteiger partial charge is 0.333 e. The predicted octanol–water partition coefficient (Wildman–Crippen LogP) is 4.53. The first-order valence-electron chi connectivity index (χ1n) is 10.7. The smallest absolute Gasteiger partial charge is 0.256 e. The second-order valence-corrected chi connectivity index (χ2v) is 8.31. The van der Waals surface area contributed by atoms with Gasteiger partial charge in [0.25, 0.3) is 11.5 Å². The summed E-state index contributed by atoms with van der Waals surface area (Å²) in [6.45, 7) is 0.687. The Balaban J connectivity index is 1.56. The summed E-state index contributed by atoms with van der Waals surface area (Å²) in [4.78, 5) is 30.2. The Morgan fingerprint density at radius 3 is 2.35 bits per heavy atom. The lowest BCUT2D eigenvalue weighted by atomic mass is 9.93. The molecular weight excluding hydrogens is 443 g/mol. The van der Waals surface area contributed by atoms with E-state index in [1.807, 2.05) is 0 Å². The average molecular weight is 463 g/mol. The Hall–Kier alpha value is -3.91. The van der Waals surface area contributed by atoms with Crippen molar-refractivity contribution in [2.45, 2.75) is 12.6 Å². The van der Waals surface area contributed by atoms with Crippen LogP contribution in [0.2, 0.25) is 0 Å². The molecule has 8 heteroatoms. The molecule has 1 aliphatic heterocycles. The molecule has 0 radical (unpaired) electrons. The summed E-state index contributed by atoms with van der Waals surface area (Å²) in [6, 6.07) is 14.3. The van der Waals surface area contributed by atoms with E-state index in [1.165, 1.54) is 17.0 Å². The number of carbonyl (C=O) groups excluding carboxylic acids is 1. The number of nitrogens with zero attached hydrogens (tertiary/aromatic N) is 1. The number of hydrogen-bond acceptors (Lipinski definition) is 3. The minimum atomic E-state index is -1.11. The van der Waals surface area contributed by atoms with Crippen molar-refractivity contribution in [3.63, 3.8) is 0 Å². The van der Waals surface area contributed by atoms with Crippen molar-refractivity contribution < 1.29 is 18.0 Å². The van der Waals surface area contributed by atoms with E-state index in [4.69, 9.17) is 0 Å². The van der Waals surface area contributed by atoms with Gasteiger partial charge < -0.3 is 15.2 Å². The van der Waals surface area contributed by atoms with Crippen molar-refractivity contribution in [1.29, 1.82) is 0 Å². The van der Waals surface area contributed by atoms with E-state index in [9.17, 15) is 22.8 Å². The Morgan fingerprint density at radius 2 is 1.62 bits per heavy atom. The van der Waals surface area contributed by atoms with Gasteiger partial charge in [0.05, 0.1) is 11.4 Å². The maximum Gasteiger partial charge on any atom is 0.256 e. The SMILES string of the molecule is CN(C(=O)c1cccc(-c2cccc(F)c2)c1)[C@H]1CNCc2[nH]c(=O)c3cc(F)c(F)cc3c21. The molecule has 1 aliphatic rings. The minimum Gasteiger partial charge on any atom is -0.333 e. The van der Waals surface area contributed by atoms with Gasteiger partial charge in [0.2, 0.25) is 0 Å². The van der Waals surface area contributed by atoms with Crippen LogP contribution < -0.4 is 10.9 Å². The standard InChI is InChI=1S/C26H20F3N3O2/c1-32(26(34)16-6-2-4-14(8-16)15-5-3-7-17(27)9-15)23-13-30-12-22-24(23)18-10-20(28)21(29)11-19(18)25(33)31-22/h2-11,23,30H,12-13H2,1H3,(H,31,33)/t23-/m0/s1. The molecule has 0 saturated carbocycles. The van der Waals surface area contributed by atoms with E-state index in [1.54, 1.807) is 43.4 Å². The third-order valence-electron chi connectivity index (χ3n) is 6.21. The van der Waals surface area contributed by atoms with Crippen molar-refractivity contribution in [2.24, 2.45) is 0 Å². The number of halogens is 3. The number of benzene rings is 3. The fourth-order valence-electron chi connectivity index (χ4n) is 4.52. The van der Waals surface area contributed by atoms with Gasteiger partial charge in [-0.2, -0.15) is 0 Å². The van der Waals surface area contributed by atoms with E-state index < -0.39 is 23.2 Å². The number of amides is 1. The van der Waals surface area contributed by atoms with Crippen LogP contribution in [-0.2, 0) is 6.54 Å². The van der Waals surface area contributed by atoms with Gasteiger partial charge in [-0.15, -0.1) is 0 Å². The fraction of sp³-hybridized carbons (Fsp3) is 0.154. The van der Waals surface area contributed by atoms with Crippen LogP contribution in [0.25, 0.3) is 21.9 Å². The van der Waals surface area contributed by atoms with Gasteiger partial charge in [-0.05, 0) is 52.9 Å². The molecule has 0 saturated heterocycles. The van der Waals surface area contributed by atoms with E-state index >= 15 is 0 Å². The third kappa shape index (κ3) is 3.76. The van der Waals surface area contributed by atoms with E-state index in [0.29, 0.717) is 41.0 Å². The molecule has 172 valence electrons. The molecule has 0 bridgehead atoms. The van der Waals surface area contributed by atoms with Crippen LogP contribution in [0.15, 0.2) is 65.5 Å². The number of likely N-dealkylation sites (N-methyl/N-ethyl adjacent to an activating group) is 1. The first-order chi connectivity index (χ1) is 16.3. The molecule has 5 nitrogen and oxygen atoms in total. The van der Waals surface area contributed by atoms with Crippen molar-refractivity contribution in [1.82, 2.24) is 15.2 Å². The van der Waals surface area contributed by atoms with Gasteiger partial charge in [-0.25, -0.2) is 13.2 Å². The number of aromatic nitrogens is 1. The topological polar surface area (TPSA) is 65.2 Å². The second-order valence-electron chi connectivity index (χ2n) is 8.31. The zero-order valence-corrected chi connectivity index (χ0v) is 18.2. The monoisotopic (exact) mass is 463 g/mol. The molecule has 2 heterocycles. The summed E-state index contributed by atoms with van der Waals surface area (Å²) in [6.07, 6.45) is 0. The van der Waals surface area contributed by atoms with Crippen molar-refractivity contribution in [3.8, 4) is 11.1 Å². The van der Waals surface area contributed by atoms with Crippen LogP contribution in [0.3, 0.4) is 0 Å². The number of H-pyrrole nitrogens is 1. The number of nitrogens with one attached hydrogen (secondary N) is 2. The van der Waals surface area contributed by atoms with Crippen LogP contribution in [-0.4, -0.2) is 29.4 Å². The number of pyridine rings is 1. The second kappa shape index (κ2) is 8.46. The van der Waals surface area contributed by atoms with Crippen LogP contribution in [0.4, 0.5) is 13.2 Å². The lowest BCUT2D eigenvalue weighted by molar-refractivity contribution is 0.0723. The lowest BCUT2D eigenvalue weighted by Gasteiger charge is -2.34. The highest BCUT2D eigenvalue weighted by atomic mass is 19.2. The number of carbonyl (C=O) groups is 1. The molecule has 3 aromatic carbocycles. The molecular formula is C26H20F3N3O2. The molecule has 1 aromatic heterocycles. The van der Waals surface area contributed by atoms with Crippen LogP contribution >= 0.6 is 0 Å². The highest BCUT2D eigenvalue weighted by Gasteiger charge is 2.30. The highest BCUT2D eigenvalue weighted by molar-refractivity contribution is 5.96. The molecule has 5 rings (SSSR count). The molecule has 0 aliphatic carbocycles. The van der Waals surface area contributed by atoms with Crippen molar-refractivity contribution in [2.75, 3.05) is 13.6 Å².